The zero-order chi connectivity index (χ0) is 11.5. The lowest BCUT2D eigenvalue weighted by Gasteiger charge is -2.19. The maximum Gasteiger partial charge on any atom is 0.310 e. The highest BCUT2D eigenvalue weighted by Gasteiger charge is 2.16. The molecule has 0 aliphatic heterocycles. The van der Waals surface area contributed by atoms with Crippen LogP contribution in [0.25, 0.3) is 0 Å². The van der Waals surface area contributed by atoms with E-state index in [9.17, 15) is 4.79 Å². The van der Waals surface area contributed by atoms with Crippen LogP contribution in [0.5, 0.6) is 0 Å². The van der Waals surface area contributed by atoms with E-state index in [0.29, 0.717) is 5.02 Å². The van der Waals surface area contributed by atoms with Gasteiger partial charge < -0.3 is 4.74 Å². The van der Waals surface area contributed by atoms with E-state index in [2.05, 4.69) is 4.98 Å². The molecule has 0 aromatic carbocycles. The number of rotatable bonds is 2. The Balaban J connectivity index is 2.59. The van der Waals surface area contributed by atoms with E-state index in [1.54, 1.807) is 12.3 Å². The van der Waals surface area contributed by atoms with Gasteiger partial charge in [-0.15, -0.1) is 0 Å². The Morgan fingerprint density at radius 2 is 2.13 bits per heavy atom. The van der Waals surface area contributed by atoms with Gasteiger partial charge in [-0.3, -0.25) is 9.78 Å². The largest absolute Gasteiger partial charge is 0.460 e. The molecule has 4 heteroatoms. The third-order valence-electron chi connectivity index (χ3n) is 1.53. The fourth-order valence-electron chi connectivity index (χ4n) is 1.10. The Morgan fingerprint density at radius 3 is 2.67 bits per heavy atom. The van der Waals surface area contributed by atoms with Gasteiger partial charge in [-0.1, -0.05) is 11.6 Å². The van der Waals surface area contributed by atoms with E-state index in [4.69, 9.17) is 16.3 Å². The summed E-state index contributed by atoms with van der Waals surface area (Å²) in [5.41, 5.74) is 0.306. The van der Waals surface area contributed by atoms with E-state index in [0.717, 1.165) is 5.56 Å². The van der Waals surface area contributed by atoms with Crippen molar-refractivity contribution in [2.45, 2.75) is 32.8 Å². The maximum absolute atomic E-state index is 11.4. The van der Waals surface area contributed by atoms with Crippen LogP contribution >= 0.6 is 11.6 Å². The quantitative estimate of drug-likeness (QED) is 0.730. The average molecular weight is 228 g/mol. The third kappa shape index (κ3) is 4.79. The molecule has 1 aromatic rings. The highest BCUT2D eigenvalue weighted by molar-refractivity contribution is 6.30. The molecule has 1 heterocycles. The highest BCUT2D eigenvalue weighted by Crippen LogP contribution is 2.12. The van der Waals surface area contributed by atoms with Crippen LogP contribution in [0.1, 0.15) is 26.3 Å². The molecule has 1 aromatic heterocycles. The number of nitrogens with zero attached hydrogens (tertiary/aromatic N) is 1. The fourth-order valence-corrected chi connectivity index (χ4v) is 1.29. The Labute approximate surface area is 94.4 Å². The van der Waals surface area contributed by atoms with Crippen molar-refractivity contribution < 1.29 is 9.53 Å². The summed E-state index contributed by atoms with van der Waals surface area (Å²) in [6.07, 6.45) is 3.33. The van der Waals surface area contributed by atoms with Crippen LogP contribution in [0, 0.1) is 0 Å². The number of halogens is 1. The Hall–Kier alpha value is -1.09. The van der Waals surface area contributed by atoms with Gasteiger partial charge >= 0.3 is 5.97 Å². The number of esters is 1. The topological polar surface area (TPSA) is 39.2 Å². The van der Waals surface area contributed by atoms with Gasteiger partial charge in [0, 0.05) is 12.4 Å². The Kier molecular flexibility index (Phi) is 3.69. The second-order valence-corrected chi connectivity index (χ2v) is 4.71. The molecule has 0 unspecified atom stereocenters. The third-order valence-corrected chi connectivity index (χ3v) is 1.74. The van der Waals surface area contributed by atoms with Gasteiger partial charge in [0.1, 0.15) is 5.60 Å². The van der Waals surface area contributed by atoms with Crippen molar-refractivity contribution in [2.75, 3.05) is 0 Å². The molecule has 0 saturated heterocycles. The summed E-state index contributed by atoms with van der Waals surface area (Å²) in [5, 5.41) is 0.524. The molecule has 0 aliphatic rings. The maximum atomic E-state index is 11.4. The summed E-state index contributed by atoms with van der Waals surface area (Å²) in [5.74, 6) is -0.272. The van der Waals surface area contributed by atoms with Gasteiger partial charge in [-0.05, 0) is 32.4 Å². The second-order valence-electron chi connectivity index (χ2n) is 4.27. The zero-order valence-electron chi connectivity index (χ0n) is 9.08. The molecule has 0 amide bonds. The van der Waals surface area contributed by atoms with Crippen molar-refractivity contribution in [2.24, 2.45) is 0 Å². The minimum absolute atomic E-state index is 0.199. The van der Waals surface area contributed by atoms with Gasteiger partial charge in [-0.25, -0.2) is 0 Å². The molecule has 1 rings (SSSR count). The summed E-state index contributed by atoms with van der Waals surface area (Å²) < 4.78 is 5.17. The molecule has 0 N–H and O–H groups in total. The lowest BCUT2D eigenvalue weighted by molar-refractivity contribution is -0.153. The first-order chi connectivity index (χ1) is 6.87. The predicted molar refractivity (Wildman–Crippen MR) is 58.8 cm³/mol. The first-order valence-electron chi connectivity index (χ1n) is 4.68. The van der Waals surface area contributed by atoms with Crippen molar-refractivity contribution >= 4 is 17.6 Å². The van der Waals surface area contributed by atoms with Crippen molar-refractivity contribution in [3.63, 3.8) is 0 Å². The van der Waals surface area contributed by atoms with Crippen molar-refractivity contribution in [3.05, 3.63) is 29.0 Å². The number of carbonyl (C=O) groups excluding carboxylic acids is 1. The van der Waals surface area contributed by atoms with Crippen LogP contribution in [0.3, 0.4) is 0 Å². The summed E-state index contributed by atoms with van der Waals surface area (Å²) in [7, 11) is 0. The number of hydrogen-bond donors (Lipinski definition) is 0. The minimum Gasteiger partial charge on any atom is -0.460 e. The first-order valence-corrected chi connectivity index (χ1v) is 5.06. The number of pyridine rings is 1. The van der Waals surface area contributed by atoms with Crippen LogP contribution in [-0.2, 0) is 16.0 Å². The Morgan fingerprint density at radius 1 is 1.47 bits per heavy atom. The van der Waals surface area contributed by atoms with Crippen molar-refractivity contribution in [3.8, 4) is 0 Å². The normalized spacial score (nSPS) is 11.2. The number of aromatic nitrogens is 1. The summed E-state index contributed by atoms with van der Waals surface area (Å²) in [6, 6.07) is 1.71. The van der Waals surface area contributed by atoms with Crippen molar-refractivity contribution in [1.82, 2.24) is 4.98 Å². The van der Waals surface area contributed by atoms with Gasteiger partial charge in [0.25, 0.3) is 0 Å². The van der Waals surface area contributed by atoms with E-state index in [-0.39, 0.29) is 12.4 Å². The smallest absolute Gasteiger partial charge is 0.310 e. The fraction of sp³-hybridized carbons (Fsp3) is 0.455. The van der Waals surface area contributed by atoms with Crippen LogP contribution in [0.4, 0.5) is 0 Å². The molecule has 0 radical (unpaired) electrons. The highest BCUT2D eigenvalue weighted by atomic mass is 35.5. The van der Waals surface area contributed by atoms with E-state index in [1.807, 2.05) is 20.8 Å². The molecule has 0 aliphatic carbocycles. The molecule has 0 spiro atoms. The summed E-state index contributed by atoms with van der Waals surface area (Å²) >= 11 is 5.75. The van der Waals surface area contributed by atoms with Gasteiger partial charge in [0.05, 0.1) is 11.4 Å². The molecule has 0 atom stereocenters. The first kappa shape index (κ1) is 12.0. The van der Waals surface area contributed by atoms with E-state index < -0.39 is 5.60 Å². The van der Waals surface area contributed by atoms with Gasteiger partial charge in [0.15, 0.2) is 0 Å². The summed E-state index contributed by atoms with van der Waals surface area (Å²) in [4.78, 5) is 15.3. The SMILES string of the molecule is CC(C)(C)OC(=O)Cc1cncc(Cl)c1. The number of ether oxygens (including phenoxy) is 1. The summed E-state index contributed by atoms with van der Waals surface area (Å²) in [6.45, 7) is 5.50. The molecule has 0 fully saturated rings. The molecule has 0 bridgehead atoms. The molecule has 15 heavy (non-hydrogen) atoms. The van der Waals surface area contributed by atoms with Crippen LogP contribution in [0.15, 0.2) is 18.5 Å². The second kappa shape index (κ2) is 4.62. The van der Waals surface area contributed by atoms with Crippen LogP contribution < -0.4 is 0 Å². The lowest BCUT2D eigenvalue weighted by atomic mass is 10.2. The Bertz CT molecular complexity index is 358. The van der Waals surface area contributed by atoms with Crippen molar-refractivity contribution in [1.29, 1.82) is 0 Å². The number of carbonyl (C=O) groups is 1. The molecular weight excluding hydrogens is 214 g/mol. The van der Waals surface area contributed by atoms with Gasteiger partial charge in [-0.2, -0.15) is 0 Å². The molecular formula is C11H14ClNO2. The molecule has 82 valence electrons. The van der Waals surface area contributed by atoms with Crippen LogP contribution in [0.2, 0.25) is 5.02 Å². The lowest BCUT2D eigenvalue weighted by Crippen LogP contribution is -2.24. The zero-order valence-corrected chi connectivity index (χ0v) is 9.84. The van der Waals surface area contributed by atoms with Gasteiger partial charge in [0.2, 0.25) is 0 Å². The monoisotopic (exact) mass is 227 g/mol. The van der Waals surface area contributed by atoms with Crippen LogP contribution in [-0.4, -0.2) is 16.6 Å². The molecule has 0 saturated carbocycles. The molecule has 3 nitrogen and oxygen atoms in total. The van der Waals surface area contributed by atoms with E-state index in [1.165, 1.54) is 6.20 Å². The predicted octanol–water partition coefficient (Wildman–Crippen LogP) is 2.62. The number of hydrogen-bond acceptors (Lipinski definition) is 3. The average Bonchev–Trinajstić information content (AvgIpc) is 1.99. The minimum atomic E-state index is -0.455. The standard InChI is InChI=1S/C11H14ClNO2/c1-11(2,3)15-10(14)5-8-4-9(12)7-13-6-8/h4,6-7H,5H2,1-3H3. The van der Waals surface area contributed by atoms with E-state index >= 15 is 0 Å².